The number of hydrogen-bond acceptors (Lipinski definition) is 6. The predicted octanol–water partition coefficient (Wildman–Crippen LogP) is 4.85. The van der Waals surface area contributed by atoms with Gasteiger partial charge in [-0.05, 0) is 73.8 Å². The van der Waals surface area contributed by atoms with Gasteiger partial charge in [0.15, 0.2) is 0 Å². The fraction of sp³-hybridized carbons (Fsp3) is 0.240. The zero-order valence-electron chi connectivity index (χ0n) is 19.4. The standard InChI is InChI=1S/C25H27ClN2O5S2/c1-3-32-20-10-8-19(9-11-20)28(35(30,31)22-14-12-21(34-2)13-15-22)18-25(29)27-16-17-33-24-7-5-4-6-23(24)26/h4-15H,3,16-18H2,1-2H3,(H,27,29). The maximum absolute atomic E-state index is 13.5. The highest BCUT2D eigenvalue weighted by Crippen LogP contribution is 2.27. The van der Waals surface area contributed by atoms with E-state index < -0.39 is 22.5 Å². The van der Waals surface area contributed by atoms with Crippen LogP contribution in [0.4, 0.5) is 5.69 Å². The molecule has 0 aliphatic rings. The Kier molecular flexibility index (Phi) is 9.71. The van der Waals surface area contributed by atoms with E-state index in [9.17, 15) is 13.2 Å². The minimum Gasteiger partial charge on any atom is -0.494 e. The van der Waals surface area contributed by atoms with Crippen LogP contribution in [0.3, 0.4) is 0 Å². The first kappa shape index (κ1) is 26.7. The Morgan fingerprint density at radius 3 is 2.31 bits per heavy atom. The molecule has 0 aliphatic carbocycles. The molecular formula is C25H27ClN2O5S2. The van der Waals surface area contributed by atoms with Crippen molar-refractivity contribution < 1.29 is 22.7 Å². The molecule has 0 saturated carbocycles. The van der Waals surface area contributed by atoms with Crippen molar-refractivity contribution in [1.29, 1.82) is 0 Å². The Balaban J connectivity index is 1.74. The molecule has 0 atom stereocenters. The molecular weight excluding hydrogens is 508 g/mol. The fourth-order valence-electron chi connectivity index (χ4n) is 3.16. The lowest BCUT2D eigenvalue weighted by Gasteiger charge is -2.24. The number of ether oxygens (including phenoxy) is 2. The largest absolute Gasteiger partial charge is 0.494 e. The molecule has 0 unspecified atom stereocenters. The summed E-state index contributed by atoms with van der Waals surface area (Å²) in [5, 5.41) is 3.18. The number of benzene rings is 3. The number of thioether (sulfide) groups is 1. The molecule has 7 nitrogen and oxygen atoms in total. The molecule has 0 aliphatic heterocycles. The van der Waals surface area contributed by atoms with Gasteiger partial charge in [0.1, 0.15) is 24.7 Å². The van der Waals surface area contributed by atoms with Crippen LogP contribution in [0.1, 0.15) is 6.92 Å². The molecule has 1 amide bonds. The summed E-state index contributed by atoms with van der Waals surface area (Å²) in [5.74, 6) is 0.653. The average Bonchev–Trinajstić information content (AvgIpc) is 2.87. The molecule has 186 valence electrons. The van der Waals surface area contributed by atoms with Crippen LogP contribution in [0.15, 0.2) is 82.6 Å². The Labute approximate surface area is 215 Å². The predicted molar refractivity (Wildman–Crippen MR) is 140 cm³/mol. The summed E-state index contributed by atoms with van der Waals surface area (Å²) in [5.41, 5.74) is 0.352. The monoisotopic (exact) mass is 534 g/mol. The number of carbonyl (C=O) groups is 1. The summed E-state index contributed by atoms with van der Waals surface area (Å²) in [6, 6.07) is 20.2. The van der Waals surface area contributed by atoms with Gasteiger partial charge in [-0.25, -0.2) is 8.42 Å². The molecule has 3 aromatic rings. The maximum Gasteiger partial charge on any atom is 0.264 e. The first-order chi connectivity index (χ1) is 16.8. The van der Waals surface area contributed by atoms with Crippen molar-refractivity contribution in [3.05, 3.63) is 77.8 Å². The summed E-state index contributed by atoms with van der Waals surface area (Å²) in [7, 11) is -4.00. The van der Waals surface area contributed by atoms with Crippen LogP contribution in [0.5, 0.6) is 11.5 Å². The van der Waals surface area contributed by atoms with E-state index in [1.807, 2.05) is 13.2 Å². The summed E-state index contributed by atoms with van der Waals surface area (Å²) in [6.07, 6.45) is 1.91. The van der Waals surface area contributed by atoms with Crippen LogP contribution >= 0.6 is 23.4 Å². The van der Waals surface area contributed by atoms with Gasteiger partial charge in [-0.2, -0.15) is 0 Å². The first-order valence-corrected chi connectivity index (χ1v) is 13.9. The molecule has 0 bridgehead atoms. The molecule has 1 N–H and O–H groups in total. The van der Waals surface area contributed by atoms with E-state index in [2.05, 4.69) is 5.32 Å². The number of sulfonamides is 1. The number of rotatable bonds is 12. The molecule has 3 aromatic carbocycles. The second kappa shape index (κ2) is 12.7. The van der Waals surface area contributed by atoms with Gasteiger partial charge in [0.2, 0.25) is 5.91 Å². The van der Waals surface area contributed by atoms with Gasteiger partial charge in [0.05, 0.1) is 28.8 Å². The van der Waals surface area contributed by atoms with Crippen molar-refractivity contribution in [2.24, 2.45) is 0 Å². The van der Waals surface area contributed by atoms with Crippen LogP contribution in [0.25, 0.3) is 0 Å². The van der Waals surface area contributed by atoms with Crippen molar-refractivity contribution in [1.82, 2.24) is 5.32 Å². The van der Waals surface area contributed by atoms with Crippen molar-refractivity contribution in [3.8, 4) is 11.5 Å². The van der Waals surface area contributed by atoms with Crippen LogP contribution < -0.4 is 19.1 Å². The van der Waals surface area contributed by atoms with Gasteiger partial charge in [0, 0.05) is 4.90 Å². The highest BCUT2D eigenvalue weighted by molar-refractivity contribution is 7.98. The van der Waals surface area contributed by atoms with Gasteiger partial charge in [-0.3, -0.25) is 9.10 Å². The van der Waals surface area contributed by atoms with E-state index in [-0.39, 0.29) is 18.0 Å². The molecule has 35 heavy (non-hydrogen) atoms. The van der Waals surface area contributed by atoms with E-state index in [4.69, 9.17) is 21.1 Å². The van der Waals surface area contributed by atoms with Gasteiger partial charge in [-0.15, -0.1) is 11.8 Å². The zero-order chi connectivity index (χ0) is 25.3. The number of hydrogen-bond donors (Lipinski definition) is 1. The van der Waals surface area contributed by atoms with Crippen molar-refractivity contribution in [2.75, 3.05) is 36.9 Å². The van der Waals surface area contributed by atoms with E-state index in [0.717, 1.165) is 9.20 Å². The number of para-hydroxylation sites is 1. The number of amides is 1. The molecule has 0 heterocycles. The third kappa shape index (κ3) is 7.30. The number of nitrogens with one attached hydrogen (secondary N) is 1. The van der Waals surface area contributed by atoms with Gasteiger partial charge >= 0.3 is 0 Å². The molecule has 3 rings (SSSR count). The van der Waals surface area contributed by atoms with Gasteiger partial charge in [-0.1, -0.05) is 23.7 Å². The third-order valence-corrected chi connectivity index (χ3v) is 7.73. The number of carbonyl (C=O) groups excluding carboxylic acids is 1. The zero-order valence-corrected chi connectivity index (χ0v) is 21.8. The Morgan fingerprint density at radius 2 is 1.69 bits per heavy atom. The van der Waals surface area contributed by atoms with Crippen molar-refractivity contribution in [2.45, 2.75) is 16.7 Å². The lowest BCUT2D eigenvalue weighted by atomic mass is 10.3. The molecule has 0 aromatic heterocycles. The molecule has 0 fully saturated rings. The smallest absolute Gasteiger partial charge is 0.264 e. The Bertz CT molecular complexity index is 1220. The van der Waals surface area contributed by atoms with Crippen molar-refractivity contribution >= 4 is 45.0 Å². The van der Waals surface area contributed by atoms with Crippen LogP contribution in [-0.4, -0.2) is 46.9 Å². The minimum atomic E-state index is -4.00. The summed E-state index contributed by atoms with van der Waals surface area (Å²) in [6.45, 7) is 2.32. The first-order valence-electron chi connectivity index (χ1n) is 10.9. The quantitative estimate of drug-likeness (QED) is 0.264. The Hall–Kier alpha value is -2.88. The SMILES string of the molecule is CCOc1ccc(N(CC(=O)NCCOc2ccccc2Cl)S(=O)(=O)c2ccc(SC)cc2)cc1. The lowest BCUT2D eigenvalue weighted by molar-refractivity contribution is -0.119. The summed E-state index contributed by atoms with van der Waals surface area (Å²) >= 11 is 7.58. The maximum atomic E-state index is 13.5. The normalized spacial score (nSPS) is 11.1. The molecule has 10 heteroatoms. The molecule has 0 spiro atoms. The highest BCUT2D eigenvalue weighted by Gasteiger charge is 2.27. The third-order valence-electron chi connectivity index (χ3n) is 4.89. The minimum absolute atomic E-state index is 0.0963. The van der Waals surface area contributed by atoms with Gasteiger partial charge in [0.25, 0.3) is 10.0 Å². The van der Waals surface area contributed by atoms with Gasteiger partial charge < -0.3 is 14.8 Å². The van der Waals surface area contributed by atoms with Crippen LogP contribution in [0, 0.1) is 0 Å². The highest BCUT2D eigenvalue weighted by atomic mass is 35.5. The topological polar surface area (TPSA) is 84.9 Å². The fourth-order valence-corrected chi connectivity index (χ4v) is 5.18. The average molecular weight is 535 g/mol. The van der Waals surface area contributed by atoms with E-state index in [0.29, 0.717) is 28.8 Å². The van der Waals surface area contributed by atoms with E-state index >= 15 is 0 Å². The van der Waals surface area contributed by atoms with E-state index in [1.165, 1.54) is 23.9 Å². The Morgan fingerprint density at radius 1 is 1.00 bits per heavy atom. The van der Waals surface area contributed by atoms with Crippen molar-refractivity contribution in [3.63, 3.8) is 0 Å². The summed E-state index contributed by atoms with van der Waals surface area (Å²) < 4.78 is 39.1. The molecule has 0 radical (unpaired) electrons. The van der Waals surface area contributed by atoms with E-state index in [1.54, 1.807) is 60.7 Å². The number of nitrogens with zero attached hydrogens (tertiary/aromatic N) is 1. The van der Waals surface area contributed by atoms with Crippen LogP contribution in [0.2, 0.25) is 5.02 Å². The molecule has 0 saturated heterocycles. The second-order valence-corrected chi connectivity index (χ2v) is 10.4. The number of halogens is 1. The second-order valence-electron chi connectivity index (χ2n) is 7.24. The summed E-state index contributed by atoms with van der Waals surface area (Å²) in [4.78, 5) is 13.8. The number of anilines is 1. The lowest BCUT2D eigenvalue weighted by Crippen LogP contribution is -2.41. The van der Waals surface area contributed by atoms with Crippen LogP contribution in [-0.2, 0) is 14.8 Å².